The molecule has 1 aromatic heterocycles. The summed E-state index contributed by atoms with van der Waals surface area (Å²) in [7, 11) is 0. The summed E-state index contributed by atoms with van der Waals surface area (Å²) in [5, 5.41) is 3.16. The quantitative estimate of drug-likeness (QED) is 0.855. The van der Waals surface area contributed by atoms with Crippen molar-refractivity contribution in [2.24, 2.45) is 0 Å². The van der Waals surface area contributed by atoms with Crippen molar-refractivity contribution in [2.75, 3.05) is 26.2 Å². The van der Waals surface area contributed by atoms with E-state index < -0.39 is 5.82 Å². The second-order valence-corrected chi connectivity index (χ2v) is 7.33. The lowest BCUT2D eigenvalue weighted by Crippen LogP contribution is -2.35. The summed E-state index contributed by atoms with van der Waals surface area (Å²) in [4.78, 5) is 21.2. The van der Waals surface area contributed by atoms with Crippen LogP contribution < -0.4 is 0 Å². The van der Waals surface area contributed by atoms with Crippen molar-refractivity contribution in [2.45, 2.75) is 26.8 Å². The van der Waals surface area contributed by atoms with Crippen LogP contribution >= 0.6 is 11.3 Å². The maximum atomic E-state index is 14.0. The third-order valence-electron chi connectivity index (χ3n) is 4.28. The number of thiazole rings is 1. The number of carbonyl (C=O) groups is 1. The number of aryl methyl sites for hydroxylation is 2. The van der Waals surface area contributed by atoms with Crippen LogP contribution in [0.2, 0.25) is 0 Å². The summed E-state index contributed by atoms with van der Waals surface area (Å²) in [6.45, 7) is 7.69. The van der Waals surface area contributed by atoms with E-state index in [-0.39, 0.29) is 11.5 Å². The highest BCUT2D eigenvalue weighted by molar-refractivity contribution is 7.09. The first-order valence-corrected chi connectivity index (χ1v) is 9.09. The molecule has 6 heteroatoms. The van der Waals surface area contributed by atoms with E-state index in [0.29, 0.717) is 13.1 Å². The number of nitrogens with zero attached hydrogens (tertiary/aromatic N) is 3. The lowest BCUT2D eigenvalue weighted by atomic mass is 10.1. The Kier molecular flexibility index (Phi) is 5.26. The van der Waals surface area contributed by atoms with Gasteiger partial charge in [0, 0.05) is 38.1 Å². The maximum absolute atomic E-state index is 14.0. The molecule has 1 aliphatic rings. The Balaban J connectivity index is 1.64. The molecule has 1 fully saturated rings. The molecule has 0 spiro atoms. The number of rotatable bonds is 3. The molecule has 128 valence electrons. The summed E-state index contributed by atoms with van der Waals surface area (Å²) in [5.41, 5.74) is 2.16. The molecule has 3 rings (SSSR count). The van der Waals surface area contributed by atoms with Gasteiger partial charge in [0.1, 0.15) is 5.82 Å². The van der Waals surface area contributed by atoms with Gasteiger partial charge in [-0.05, 0) is 32.4 Å². The van der Waals surface area contributed by atoms with E-state index in [1.54, 1.807) is 28.4 Å². The standard InChI is InChI=1S/C18H22FN3OS/c1-13-4-5-17(19)16(10-13)18(23)22-7-3-6-21(8-9-22)11-15-12-24-14(2)20-15/h4-5,10,12H,3,6-9,11H2,1-2H3. The van der Waals surface area contributed by atoms with E-state index in [9.17, 15) is 9.18 Å². The molecule has 2 aromatic rings. The minimum Gasteiger partial charge on any atom is -0.337 e. The minimum atomic E-state index is -0.440. The molecule has 0 bridgehead atoms. The summed E-state index contributed by atoms with van der Waals surface area (Å²) in [6, 6.07) is 4.70. The largest absolute Gasteiger partial charge is 0.337 e. The highest BCUT2D eigenvalue weighted by Crippen LogP contribution is 2.16. The molecular formula is C18H22FN3OS. The van der Waals surface area contributed by atoms with Crippen molar-refractivity contribution in [1.29, 1.82) is 0 Å². The zero-order valence-corrected chi connectivity index (χ0v) is 14.9. The van der Waals surface area contributed by atoms with Crippen LogP contribution in [-0.2, 0) is 6.54 Å². The third kappa shape index (κ3) is 3.99. The van der Waals surface area contributed by atoms with Gasteiger partial charge < -0.3 is 4.90 Å². The van der Waals surface area contributed by atoms with Crippen LogP contribution in [0.3, 0.4) is 0 Å². The average Bonchev–Trinajstić information content (AvgIpc) is 2.82. The van der Waals surface area contributed by atoms with E-state index >= 15 is 0 Å². The summed E-state index contributed by atoms with van der Waals surface area (Å²) in [6.07, 6.45) is 0.891. The van der Waals surface area contributed by atoms with Gasteiger partial charge in [-0.25, -0.2) is 9.37 Å². The second-order valence-electron chi connectivity index (χ2n) is 6.26. The van der Waals surface area contributed by atoms with Crippen molar-refractivity contribution in [1.82, 2.24) is 14.8 Å². The Hall–Kier alpha value is -1.79. The second kappa shape index (κ2) is 7.40. The Morgan fingerprint density at radius 3 is 2.83 bits per heavy atom. The van der Waals surface area contributed by atoms with E-state index in [4.69, 9.17) is 0 Å². The molecule has 1 saturated heterocycles. The predicted octanol–water partition coefficient (Wildman–Crippen LogP) is 3.25. The fourth-order valence-electron chi connectivity index (χ4n) is 3.02. The van der Waals surface area contributed by atoms with Gasteiger partial charge in [-0.2, -0.15) is 0 Å². The fourth-order valence-corrected chi connectivity index (χ4v) is 3.62. The van der Waals surface area contributed by atoms with Crippen LogP contribution in [0, 0.1) is 19.7 Å². The van der Waals surface area contributed by atoms with E-state index in [0.717, 1.165) is 42.3 Å². The number of hydrogen-bond acceptors (Lipinski definition) is 4. The van der Waals surface area contributed by atoms with E-state index in [1.807, 2.05) is 13.8 Å². The molecule has 2 heterocycles. The average molecular weight is 347 g/mol. The Morgan fingerprint density at radius 2 is 2.08 bits per heavy atom. The normalized spacial score (nSPS) is 16.2. The van der Waals surface area contributed by atoms with Crippen molar-refractivity contribution in [3.8, 4) is 0 Å². The van der Waals surface area contributed by atoms with Crippen LogP contribution in [0.4, 0.5) is 4.39 Å². The molecule has 4 nitrogen and oxygen atoms in total. The topological polar surface area (TPSA) is 36.4 Å². The monoisotopic (exact) mass is 347 g/mol. The van der Waals surface area contributed by atoms with Crippen molar-refractivity contribution in [3.05, 3.63) is 51.2 Å². The van der Waals surface area contributed by atoms with Crippen molar-refractivity contribution in [3.63, 3.8) is 0 Å². The molecule has 1 aromatic carbocycles. The molecule has 1 aliphatic heterocycles. The zero-order chi connectivity index (χ0) is 17.1. The summed E-state index contributed by atoms with van der Waals surface area (Å²) in [5.74, 6) is -0.646. The molecular weight excluding hydrogens is 325 g/mol. The highest BCUT2D eigenvalue weighted by atomic mass is 32.1. The van der Waals surface area contributed by atoms with Gasteiger partial charge in [0.05, 0.1) is 16.3 Å². The van der Waals surface area contributed by atoms with Gasteiger partial charge in [-0.1, -0.05) is 11.6 Å². The minimum absolute atomic E-state index is 0.179. The van der Waals surface area contributed by atoms with Crippen LogP contribution in [0.5, 0.6) is 0 Å². The van der Waals surface area contributed by atoms with Gasteiger partial charge in [-0.15, -0.1) is 11.3 Å². The predicted molar refractivity (Wildman–Crippen MR) is 93.8 cm³/mol. The van der Waals surface area contributed by atoms with Gasteiger partial charge in [-0.3, -0.25) is 9.69 Å². The molecule has 0 radical (unpaired) electrons. The van der Waals surface area contributed by atoms with E-state index in [1.165, 1.54) is 6.07 Å². The third-order valence-corrected chi connectivity index (χ3v) is 5.10. The number of aromatic nitrogens is 1. The Bertz CT molecular complexity index is 731. The maximum Gasteiger partial charge on any atom is 0.256 e. The first kappa shape index (κ1) is 17.0. The molecule has 0 unspecified atom stereocenters. The molecule has 1 amide bonds. The first-order chi connectivity index (χ1) is 11.5. The van der Waals surface area contributed by atoms with Gasteiger partial charge in [0.15, 0.2) is 0 Å². The Morgan fingerprint density at radius 1 is 1.25 bits per heavy atom. The lowest BCUT2D eigenvalue weighted by Gasteiger charge is -2.22. The molecule has 24 heavy (non-hydrogen) atoms. The molecule has 0 N–H and O–H groups in total. The first-order valence-electron chi connectivity index (χ1n) is 8.22. The summed E-state index contributed by atoms with van der Waals surface area (Å²) >= 11 is 1.66. The number of benzene rings is 1. The van der Waals surface area contributed by atoms with Crippen LogP contribution in [0.15, 0.2) is 23.6 Å². The number of halogens is 1. The van der Waals surface area contributed by atoms with Crippen LogP contribution in [0.1, 0.15) is 33.0 Å². The Labute approximate surface area is 145 Å². The van der Waals surface area contributed by atoms with Gasteiger partial charge >= 0.3 is 0 Å². The highest BCUT2D eigenvalue weighted by Gasteiger charge is 2.22. The fraction of sp³-hybridized carbons (Fsp3) is 0.444. The number of amides is 1. The van der Waals surface area contributed by atoms with Gasteiger partial charge in [0.25, 0.3) is 5.91 Å². The van der Waals surface area contributed by atoms with E-state index in [2.05, 4.69) is 15.3 Å². The zero-order valence-electron chi connectivity index (χ0n) is 14.1. The van der Waals surface area contributed by atoms with Crippen LogP contribution in [-0.4, -0.2) is 46.9 Å². The smallest absolute Gasteiger partial charge is 0.256 e. The SMILES string of the molecule is Cc1ccc(F)c(C(=O)N2CCCN(Cc3csc(C)n3)CC2)c1. The molecule has 0 saturated carbocycles. The van der Waals surface area contributed by atoms with Crippen LogP contribution in [0.25, 0.3) is 0 Å². The lowest BCUT2D eigenvalue weighted by molar-refractivity contribution is 0.0756. The number of hydrogen-bond donors (Lipinski definition) is 0. The molecule has 0 atom stereocenters. The van der Waals surface area contributed by atoms with Gasteiger partial charge in [0.2, 0.25) is 0 Å². The van der Waals surface area contributed by atoms with Crippen molar-refractivity contribution < 1.29 is 9.18 Å². The number of carbonyl (C=O) groups excluding carboxylic acids is 1. The van der Waals surface area contributed by atoms with Crippen molar-refractivity contribution >= 4 is 17.2 Å². The summed E-state index contributed by atoms with van der Waals surface area (Å²) < 4.78 is 14.0. The molecule has 0 aliphatic carbocycles.